The summed E-state index contributed by atoms with van der Waals surface area (Å²) in [6, 6.07) is 5.99. The largest absolute Gasteiger partial charge is 0.399 e. The molecule has 3 rings (SSSR count). The first-order chi connectivity index (χ1) is 9.72. The average molecular weight is 265 g/mol. The fourth-order valence-corrected chi connectivity index (χ4v) is 2.21. The van der Waals surface area contributed by atoms with Crippen LogP contribution in [0.1, 0.15) is 5.56 Å². The summed E-state index contributed by atoms with van der Waals surface area (Å²) in [5.74, 6) is 0. The normalized spacial score (nSPS) is 14.2. The molecule has 0 unspecified atom stereocenters. The van der Waals surface area contributed by atoms with Crippen LogP contribution in [0.4, 0.5) is 5.69 Å². The molecule has 100 valence electrons. The van der Waals surface area contributed by atoms with Gasteiger partial charge in [0, 0.05) is 43.4 Å². The second-order valence-electron chi connectivity index (χ2n) is 4.80. The molecule has 0 spiro atoms. The highest BCUT2D eigenvalue weighted by Gasteiger charge is 2.10. The van der Waals surface area contributed by atoms with Crippen molar-refractivity contribution in [3.05, 3.63) is 48.7 Å². The molecule has 1 aliphatic heterocycles. The number of anilines is 1. The number of rotatable bonds is 2. The Hall–Kier alpha value is -2.69. The SMILES string of the molecule is CN1C=NC=C(c2cc(N)cc(-c3cncnc3)c2)C1. The Bertz CT molecular complexity index is 676. The number of nitrogen functional groups attached to an aromatic ring is 1. The van der Waals surface area contributed by atoms with Gasteiger partial charge in [-0.2, -0.15) is 0 Å². The lowest BCUT2D eigenvalue weighted by molar-refractivity contribution is 0.583. The van der Waals surface area contributed by atoms with Gasteiger partial charge in [0.1, 0.15) is 6.33 Å². The van der Waals surface area contributed by atoms with Gasteiger partial charge in [-0.1, -0.05) is 0 Å². The van der Waals surface area contributed by atoms with Crippen molar-refractivity contribution in [1.29, 1.82) is 0 Å². The van der Waals surface area contributed by atoms with Crippen LogP contribution in [-0.2, 0) is 0 Å². The van der Waals surface area contributed by atoms with E-state index in [9.17, 15) is 0 Å². The van der Waals surface area contributed by atoms with Crippen LogP contribution in [0.25, 0.3) is 16.7 Å². The van der Waals surface area contributed by atoms with Crippen LogP contribution < -0.4 is 5.73 Å². The molecule has 5 heteroatoms. The van der Waals surface area contributed by atoms with Crippen molar-refractivity contribution < 1.29 is 0 Å². The molecule has 0 aliphatic carbocycles. The van der Waals surface area contributed by atoms with E-state index in [0.29, 0.717) is 0 Å². The second kappa shape index (κ2) is 5.13. The van der Waals surface area contributed by atoms with E-state index in [1.807, 2.05) is 36.6 Å². The third-order valence-electron chi connectivity index (χ3n) is 3.13. The molecular weight excluding hydrogens is 250 g/mol. The Morgan fingerprint density at radius 1 is 1.05 bits per heavy atom. The monoisotopic (exact) mass is 265 g/mol. The molecule has 0 saturated carbocycles. The number of aliphatic imine (C=N–C) groups is 1. The molecule has 1 aromatic heterocycles. The van der Waals surface area contributed by atoms with Crippen molar-refractivity contribution in [2.24, 2.45) is 4.99 Å². The molecule has 2 heterocycles. The molecule has 0 bridgehead atoms. The fraction of sp³-hybridized carbons (Fsp3) is 0.133. The van der Waals surface area contributed by atoms with Gasteiger partial charge in [-0.15, -0.1) is 0 Å². The maximum atomic E-state index is 6.02. The lowest BCUT2D eigenvalue weighted by atomic mass is 9.99. The van der Waals surface area contributed by atoms with Crippen LogP contribution in [0.2, 0.25) is 0 Å². The molecule has 1 aliphatic rings. The van der Waals surface area contributed by atoms with Gasteiger partial charge >= 0.3 is 0 Å². The Balaban J connectivity index is 2.04. The highest BCUT2D eigenvalue weighted by molar-refractivity contribution is 5.79. The maximum Gasteiger partial charge on any atom is 0.115 e. The number of hydrogen-bond acceptors (Lipinski definition) is 5. The Labute approximate surface area is 117 Å². The minimum absolute atomic E-state index is 0.722. The molecule has 0 saturated heterocycles. The molecule has 0 fully saturated rings. The van der Waals surface area contributed by atoms with E-state index in [2.05, 4.69) is 21.0 Å². The second-order valence-corrected chi connectivity index (χ2v) is 4.80. The third kappa shape index (κ3) is 2.51. The lowest BCUT2D eigenvalue weighted by Crippen LogP contribution is -2.21. The molecule has 1 aromatic carbocycles. The summed E-state index contributed by atoms with van der Waals surface area (Å²) in [5, 5.41) is 0. The summed E-state index contributed by atoms with van der Waals surface area (Å²) in [6.45, 7) is 0.817. The van der Waals surface area contributed by atoms with E-state index >= 15 is 0 Å². The molecule has 0 radical (unpaired) electrons. The summed E-state index contributed by atoms with van der Waals surface area (Å²) < 4.78 is 0. The number of nitrogens with zero attached hydrogens (tertiary/aromatic N) is 4. The number of hydrogen-bond donors (Lipinski definition) is 1. The summed E-state index contributed by atoms with van der Waals surface area (Å²) in [6.07, 6.45) is 8.77. The van der Waals surface area contributed by atoms with Gasteiger partial charge < -0.3 is 10.6 Å². The zero-order chi connectivity index (χ0) is 13.9. The molecule has 2 N–H and O–H groups in total. The number of nitrogens with two attached hydrogens (primary N) is 1. The van der Waals surface area contributed by atoms with Gasteiger partial charge in [0.2, 0.25) is 0 Å². The van der Waals surface area contributed by atoms with Crippen LogP contribution >= 0.6 is 0 Å². The maximum absolute atomic E-state index is 6.02. The smallest absolute Gasteiger partial charge is 0.115 e. The first kappa shape index (κ1) is 12.3. The van der Waals surface area contributed by atoms with Crippen molar-refractivity contribution in [2.75, 3.05) is 19.3 Å². The predicted octanol–water partition coefficient (Wildman–Crippen LogP) is 2.04. The molecule has 5 nitrogen and oxygen atoms in total. The Kier molecular flexibility index (Phi) is 3.16. The van der Waals surface area contributed by atoms with Crippen molar-refractivity contribution in [3.8, 4) is 11.1 Å². The van der Waals surface area contributed by atoms with E-state index in [1.165, 1.54) is 6.33 Å². The number of aromatic nitrogens is 2. The standard InChI is InChI=1S/C15H15N5/c1-20-8-14(7-19-10-20)12-2-11(3-15(16)4-12)13-5-17-9-18-6-13/h2-7,9-10H,8,16H2,1H3. The average Bonchev–Trinajstić information content (AvgIpc) is 2.47. The molecule has 2 aromatic rings. The van der Waals surface area contributed by atoms with E-state index in [-0.39, 0.29) is 0 Å². The summed E-state index contributed by atoms with van der Waals surface area (Å²) in [4.78, 5) is 14.3. The summed E-state index contributed by atoms with van der Waals surface area (Å²) in [5.41, 5.74) is 10.9. The Morgan fingerprint density at radius 2 is 1.80 bits per heavy atom. The third-order valence-corrected chi connectivity index (χ3v) is 3.13. The van der Waals surface area contributed by atoms with Crippen LogP contribution in [0, 0.1) is 0 Å². The number of benzene rings is 1. The number of likely N-dealkylation sites (N-methyl/N-ethyl adjacent to an activating group) is 1. The predicted molar refractivity (Wildman–Crippen MR) is 81.0 cm³/mol. The topological polar surface area (TPSA) is 67.4 Å². The van der Waals surface area contributed by atoms with Gasteiger partial charge in [-0.25, -0.2) is 15.0 Å². The van der Waals surface area contributed by atoms with Crippen molar-refractivity contribution >= 4 is 17.6 Å². The highest BCUT2D eigenvalue weighted by Crippen LogP contribution is 2.27. The van der Waals surface area contributed by atoms with E-state index in [1.54, 1.807) is 12.4 Å². The van der Waals surface area contributed by atoms with Gasteiger partial charge in [0.15, 0.2) is 0 Å². The van der Waals surface area contributed by atoms with Gasteiger partial charge in [-0.05, 0) is 34.9 Å². The zero-order valence-corrected chi connectivity index (χ0v) is 11.2. The molecule has 0 amide bonds. The minimum Gasteiger partial charge on any atom is -0.399 e. The van der Waals surface area contributed by atoms with E-state index in [0.717, 1.165) is 34.5 Å². The molecule has 0 atom stereocenters. The molecular formula is C15H15N5. The minimum atomic E-state index is 0.722. The van der Waals surface area contributed by atoms with E-state index < -0.39 is 0 Å². The van der Waals surface area contributed by atoms with E-state index in [4.69, 9.17) is 5.73 Å². The first-order valence-corrected chi connectivity index (χ1v) is 6.31. The van der Waals surface area contributed by atoms with Gasteiger partial charge in [0.05, 0.1) is 6.34 Å². The van der Waals surface area contributed by atoms with Crippen molar-refractivity contribution in [2.45, 2.75) is 0 Å². The highest BCUT2D eigenvalue weighted by atomic mass is 15.1. The van der Waals surface area contributed by atoms with Crippen LogP contribution in [-0.4, -0.2) is 34.8 Å². The summed E-state index contributed by atoms with van der Waals surface area (Å²) >= 11 is 0. The zero-order valence-electron chi connectivity index (χ0n) is 11.2. The first-order valence-electron chi connectivity index (χ1n) is 6.31. The van der Waals surface area contributed by atoms with Crippen LogP contribution in [0.3, 0.4) is 0 Å². The molecule has 20 heavy (non-hydrogen) atoms. The quantitative estimate of drug-likeness (QED) is 0.844. The summed E-state index contributed by atoms with van der Waals surface area (Å²) in [7, 11) is 1.99. The lowest BCUT2D eigenvalue weighted by Gasteiger charge is -2.19. The van der Waals surface area contributed by atoms with Gasteiger partial charge in [-0.3, -0.25) is 0 Å². The van der Waals surface area contributed by atoms with Crippen molar-refractivity contribution in [3.63, 3.8) is 0 Å². The fourth-order valence-electron chi connectivity index (χ4n) is 2.21. The Morgan fingerprint density at radius 3 is 2.55 bits per heavy atom. The van der Waals surface area contributed by atoms with Crippen molar-refractivity contribution in [1.82, 2.24) is 14.9 Å². The van der Waals surface area contributed by atoms with Gasteiger partial charge in [0.25, 0.3) is 0 Å². The van der Waals surface area contributed by atoms with Crippen LogP contribution in [0.15, 0.2) is 48.1 Å². The van der Waals surface area contributed by atoms with Crippen LogP contribution in [0.5, 0.6) is 0 Å².